The van der Waals surface area contributed by atoms with Gasteiger partial charge in [0, 0.05) is 12.1 Å². The molecule has 3 fully saturated rings. The number of carbonyl (C=O) groups excluding carboxylic acids is 1. The molecule has 3 aliphatic rings. The van der Waals surface area contributed by atoms with E-state index in [9.17, 15) is 14.8 Å². The molecule has 3 atom stereocenters. The lowest BCUT2D eigenvalue weighted by molar-refractivity contribution is -0.0000176. The van der Waals surface area contributed by atoms with Crippen molar-refractivity contribution in [3.05, 3.63) is 0 Å². The normalized spacial score (nSPS) is 39.0. The molecule has 3 unspecified atom stereocenters. The molecule has 2 heterocycles. The zero-order valence-corrected chi connectivity index (χ0v) is 12.5. The minimum atomic E-state index is -1.21. The second-order valence-corrected chi connectivity index (χ2v) is 7.77. The fourth-order valence-electron chi connectivity index (χ4n) is 4.27. The van der Waals surface area contributed by atoms with Gasteiger partial charge in [0.2, 0.25) is 0 Å². The highest BCUT2D eigenvalue weighted by atomic mass is 16.6. The zero-order valence-electron chi connectivity index (χ0n) is 12.5. The maximum absolute atomic E-state index is 12.3. The smallest absolute Gasteiger partial charge is 0.444 e. The lowest BCUT2D eigenvalue weighted by Crippen LogP contribution is -2.49. The van der Waals surface area contributed by atoms with Gasteiger partial charge >= 0.3 is 13.2 Å². The molecule has 1 saturated carbocycles. The lowest BCUT2D eigenvalue weighted by Gasteiger charge is -2.40. The topological polar surface area (TPSA) is 70.0 Å². The van der Waals surface area contributed by atoms with E-state index < -0.39 is 12.7 Å². The fraction of sp³-hybridized carbons (Fsp3) is 0.929. The average Bonchev–Trinajstić information content (AvgIpc) is 2.89. The highest BCUT2D eigenvalue weighted by Gasteiger charge is 2.65. The summed E-state index contributed by atoms with van der Waals surface area (Å²) < 4.78 is 5.51. The maximum Gasteiger partial charge on any atom is 0.455 e. The number of hydrogen-bond donors (Lipinski definition) is 2. The first-order valence-corrected chi connectivity index (χ1v) is 7.59. The summed E-state index contributed by atoms with van der Waals surface area (Å²) in [7, 11) is -1.21. The molecule has 0 aromatic rings. The average molecular weight is 281 g/mol. The van der Waals surface area contributed by atoms with Gasteiger partial charge < -0.3 is 19.7 Å². The van der Waals surface area contributed by atoms with Crippen molar-refractivity contribution < 1.29 is 19.6 Å². The quantitative estimate of drug-likeness (QED) is 0.719. The lowest BCUT2D eigenvalue weighted by atomic mass is 9.73. The number of ether oxygens (including phenoxy) is 1. The molecule has 0 aromatic carbocycles. The van der Waals surface area contributed by atoms with Gasteiger partial charge in [0.25, 0.3) is 0 Å². The van der Waals surface area contributed by atoms with Crippen molar-refractivity contribution in [2.45, 2.75) is 76.4 Å². The molecule has 5 nitrogen and oxygen atoms in total. The molecular formula is C14H24BNO4. The van der Waals surface area contributed by atoms with E-state index in [0.29, 0.717) is 0 Å². The fourth-order valence-corrected chi connectivity index (χ4v) is 4.27. The Labute approximate surface area is 120 Å². The molecule has 0 radical (unpaired) electrons. The van der Waals surface area contributed by atoms with Crippen LogP contribution in [-0.4, -0.2) is 45.8 Å². The molecule has 1 aliphatic carbocycles. The summed E-state index contributed by atoms with van der Waals surface area (Å²) in [5, 5.41) is 18.8. The van der Waals surface area contributed by atoms with Gasteiger partial charge in [-0.25, -0.2) is 4.79 Å². The Kier molecular flexibility index (Phi) is 3.11. The number of rotatable bonds is 1. The summed E-state index contributed by atoms with van der Waals surface area (Å²) >= 11 is 0. The third-order valence-corrected chi connectivity index (χ3v) is 5.12. The number of amides is 1. The first kappa shape index (κ1) is 14.2. The number of hydrogen-bond acceptors (Lipinski definition) is 4. The molecule has 1 amide bonds. The molecule has 2 bridgehead atoms. The Hall–Kier alpha value is -0.745. The van der Waals surface area contributed by atoms with Crippen LogP contribution in [0.1, 0.15) is 52.9 Å². The number of fused-ring (bicyclic) bond motifs is 2. The van der Waals surface area contributed by atoms with E-state index in [1.54, 1.807) is 0 Å². The highest BCUT2D eigenvalue weighted by molar-refractivity contribution is 6.44. The van der Waals surface area contributed by atoms with Gasteiger partial charge in [-0.15, -0.1) is 0 Å². The number of piperidine rings is 1. The maximum atomic E-state index is 12.3. The van der Waals surface area contributed by atoms with Crippen LogP contribution in [0, 0.1) is 5.41 Å². The van der Waals surface area contributed by atoms with Gasteiger partial charge in [-0.2, -0.15) is 0 Å². The van der Waals surface area contributed by atoms with Crippen molar-refractivity contribution in [3.63, 3.8) is 0 Å². The second kappa shape index (κ2) is 4.37. The first-order chi connectivity index (χ1) is 9.22. The Morgan fingerprint density at radius 1 is 1.20 bits per heavy atom. The number of carbonyl (C=O) groups is 1. The predicted octanol–water partition coefficient (Wildman–Crippen LogP) is 1.78. The Bertz CT molecular complexity index is 406. The Morgan fingerprint density at radius 3 is 2.15 bits per heavy atom. The van der Waals surface area contributed by atoms with Gasteiger partial charge in [-0.3, -0.25) is 0 Å². The van der Waals surface area contributed by atoms with E-state index >= 15 is 0 Å². The van der Waals surface area contributed by atoms with Crippen LogP contribution >= 0.6 is 0 Å². The summed E-state index contributed by atoms with van der Waals surface area (Å²) in [4.78, 5) is 14.2. The summed E-state index contributed by atoms with van der Waals surface area (Å²) in [6.45, 7) is 5.66. The van der Waals surface area contributed by atoms with Gasteiger partial charge in [0.1, 0.15) is 5.60 Å². The van der Waals surface area contributed by atoms with Crippen molar-refractivity contribution in [2.24, 2.45) is 5.41 Å². The summed E-state index contributed by atoms with van der Waals surface area (Å²) in [6.07, 6.45) is 4.50. The largest absolute Gasteiger partial charge is 0.455 e. The molecule has 2 N–H and O–H groups in total. The first-order valence-electron chi connectivity index (χ1n) is 7.59. The summed E-state index contributed by atoms with van der Waals surface area (Å²) in [5.74, 6) is 0.00591. The van der Waals surface area contributed by atoms with Gasteiger partial charge in [0.15, 0.2) is 0 Å². The third-order valence-electron chi connectivity index (χ3n) is 5.12. The van der Waals surface area contributed by atoms with Crippen molar-refractivity contribution in [1.82, 2.24) is 4.90 Å². The Balaban J connectivity index is 1.69. The zero-order chi connectivity index (χ0) is 14.7. The minimum Gasteiger partial charge on any atom is -0.444 e. The second-order valence-electron chi connectivity index (χ2n) is 7.77. The standard InChI is InChI=1S/C14H24BNO4/c1-13(2,3)20-12(17)16-9-4-5-10(16)7-14(6-9)8-11(14)15(18)19/h9-11,18-19H,4-8H2,1-3H3. The van der Waals surface area contributed by atoms with Crippen LogP contribution < -0.4 is 0 Å². The number of nitrogens with zero attached hydrogens (tertiary/aromatic N) is 1. The van der Waals surface area contributed by atoms with Gasteiger partial charge in [-0.05, 0) is 64.1 Å². The monoisotopic (exact) mass is 281 g/mol. The van der Waals surface area contributed by atoms with Crippen LogP contribution in [-0.2, 0) is 4.74 Å². The summed E-state index contributed by atoms with van der Waals surface area (Å²) in [6, 6.07) is 0.430. The molecule has 112 valence electrons. The van der Waals surface area contributed by atoms with Crippen LogP contribution in [0.5, 0.6) is 0 Å². The molecule has 1 spiro atoms. The van der Waals surface area contributed by atoms with E-state index in [1.165, 1.54) is 0 Å². The van der Waals surface area contributed by atoms with Crippen molar-refractivity contribution in [3.8, 4) is 0 Å². The van der Waals surface area contributed by atoms with Crippen LogP contribution in [0.15, 0.2) is 0 Å². The van der Waals surface area contributed by atoms with Crippen molar-refractivity contribution >= 4 is 13.2 Å². The SMILES string of the molecule is CC(C)(C)OC(=O)N1C2CCC1CC1(C2)CC1B(O)O. The van der Waals surface area contributed by atoms with Crippen LogP contribution in [0.3, 0.4) is 0 Å². The van der Waals surface area contributed by atoms with Gasteiger partial charge in [-0.1, -0.05) is 0 Å². The highest BCUT2D eigenvalue weighted by Crippen LogP contribution is 2.68. The van der Waals surface area contributed by atoms with E-state index in [1.807, 2.05) is 25.7 Å². The molecule has 3 rings (SSSR count). The minimum absolute atomic E-state index is 0.00591. The van der Waals surface area contributed by atoms with E-state index in [4.69, 9.17) is 4.74 Å². The van der Waals surface area contributed by atoms with Crippen LogP contribution in [0.2, 0.25) is 5.82 Å². The third kappa shape index (κ3) is 2.33. The van der Waals surface area contributed by atoms with Crippen molar-refractivity contribution in [2.75, 3.05) is 0 Å². The molecule has 2 aliphatic heterocycles. The van der Waals surface area contributed by atoms with E-state index in [2.05, 4.69) is 0 Å². The van der Waals surface area contributed by atoms with E-state index in [-0.39, 0.29) is 29.4 Å². The van der Waals surface area contributed by atoms with E-state index in [0.717, 1.165) is 32.1 Å². The van der Waals surface area contributed by atoms with Gasteiger partial charge in [0.05, 0.1) is 0 Å². The van der Waals surface area contributed by atoms with Crippen LogP contribution in [0.4, 0.5) is 4.79 Å². The molecule has 2 saturated heterocycles. The molecule has 6 heteroatoms. The summed E-state index contributed by atoms with van der Waals surface area (Å²) in [5.41, 5.74) is -0.395. The van der Waals surface area contributed by atoms with Crippen molar-refractivity contribution in [1.29, 1.82) is 0 Å². The predicted molar refractivity (Wildman–Crippen MR) is 75.1 cm³/mol. The molecule has 20 heavy (non-hydrogen) atoms. The van der Waals surface area contributed by atoms with Crippen LogP contribution in [0.25, 0.3) is 0 Å². The Morgan fingerprint density at radius 2 is 1.75 bits per heavy atom. The molecular weight excluding hydrogens is 257 g/mol. The molecule has 0 aromatic heterocycles.